The van der Waals surface area contributed by atoms with Crippen LogP contribution in [0.5, 0.6) is 23.0 Å². The second-order valence-corrected chi connectivity index (χ2v) is 9.31. The van der Waals surface area contributed by atoms with Crippen molar-refractivity contribution in [1.29, 1.82) is 0 Å². The molecule has 0 aliphatic rings. The Morgan fingerprint density at radius 1 is 0.868 bits per heavy atom. The first kappa shape index (κ1) is 25.3. The molecule has 0 saturated carbocycles. The third kappa shape index (κ3) is 5.79. The van der Waals surface area contributed by atoms with E-state index in [1.54, 1.807) is 43.6 Å². The van der Waals surface area contributed by atoms with E-state index < -0.39 is 0 Å². The highest BCUT2D eigenvalue weighted by molar-refractivity contribution is 5.92. The van der Waals surface area contributed by atoms with Gasteiger partial charge in [0, 0.05) is 18.3 Å². The minimum absolute atomic E-state index is 0.103. The number of benzene rings is 3. The minimum atomic E-state index is -0.103. The van der Waals surface area contributed by atoms with Gasteiger partial charge >= 0.3 is 0 Å². The Kier molecular flexibility index (Phi) is 7.56. The van der Waals surface area contributed by atoms with Crippen LogP contribution >= 0.6 is 0 Å². The Balaban J connectivity index is 1.32. The van der Waals surface area contributed by atoms with Crippen LogP contribution in [0.4, 0.5) is 0 Å². The molecule has 0 fully saturated rings. The normalized spacial score (nSPS) is 11.3. The summed E-state index contributed by atoms with van der Waals surface area (Å²) in [6, 6.07) is 22.5. The molecule has 0 atom stereocenters. The number of likely N-dealkylation sites (N-methyl/N-ethyl adjacent to an activating group) is 1. The lowest BCUT2D eigenvalue weighted by atomic mass is 10.1. The predicted molar refractivity (Wildman–Crippen MR) is 149 cm³/mol. The third-order valence-corrected chi connectivity index (χ3v) is 6.29. The molecule has 5 aromatic rings. The Hall–Kier alpha value is -4.36. The zero-order valence-electron chi connectivity index (χ0n) is 21.8. The summed E-state index contributed by atoms with van der Waals surface area (Å²) < 4.78 is 23.3. The van der Waals surface area contributed by atoms with Gasteiger partial charge in [-0.3, -0.25) is 9.78 Å². The third-order valence-electron chi connectivity index (χ3n) is 6.29. The van der Waals surface area contributed by atoms with Crippen LogP contribution in [0.15, 0.2) is 88.2 Å². The monoisotopic (exact) mass is 510 g/mol. The van der Waals surface area contributed by atoms with Gasteiger partial charge in [0.2, 0.25) is 5.43 Å². The first-order valence-electron chi connectivity index (χ1n) is 12.5. The average molecular weight is 511 g/mol. The molecular formula is C31H30N2O5. The molecule has 0 aliphatic heterocycles. The topological polar surface area (TPSA) is 74.0 Å². The number of para-hydroxylation sites is 1. The van der Waals surface area contributed by atoms with Crippen LogP contribution in [0.3, 0.4) is 0 Å². The summed E-state index contributed by atoms with van der Waals surface area (Å²) in [6.07, 6.45) is 3.41. The van der Waals surface area contributed by atoms with E-state index in [-0.39, 0.29) is 5.43 Å². The van der Waals surface area contributed by atoms with Gasteiger partial charge in [-0.2, -0.15) is 0 Å². The summed E-state index contributed by atoms with van der Waals surface area (Å²) >= 11 is 0. The minimum Gasteiger partial charge on any atom is -0.497 e. The molecule has 0 spiro atoms. The number of pyridine rings is 1. The van der Waals surface area contributed by atoms with E-state index in [2.05, 4.69) is 17.1 Å². The van der Waals surface area contributed by atoms with Crippen LogP contribution in [0.25, 0.3) is 21.9 Å². The number of ether oxygens (including phenoxy) is 3. The second kappa shape index (κ2) is 11.4. The van der Waals surface area contributed by atoms with Crippen molar-refractivity contribution in [3.8, 4) is 23.0 Å². The summed E-state index contributed by atoms with van der Waals surface area (Å²) in [5.41, 5.74) is 2.97. The zero-order valence-corrected chi connectivity index (χ0v) is 21.8. The van der Waals surface area contributed by atoms with Crippen LogP contribution < -0.4 is 19.6 Å². The van der Waals surface area contributed by atoms with Gasteiger partial charge in [-0.1, -0.05) is 18.2 Å². The number of rotatable bonds is 10. The van der Waals surface area contributed by atoms with Crippen molar-refractivity contribution >= 4 is 21.9 Å². The lowest BCUT2D eigenvalue weighted by Gasteiger charge is -2.12. The Bertz CT molecular complexity index is 1590. The van der Waals surface area contributed by atoms with Gasteiger partial charge < -0.3 is 23.5 Å². The largest absolute Gasteiger partial charge is 0.497 e. The summed E-state index contributed by atoms with van der Waals surface area (Å²) in [6.45, 7) is 1.24. The molecular weight excluding hydrogens is 480 g/mol. The molecule has 0 amide bonds. The molecule has 3 aromatic carbocycles. The van der Waals surface area contributed by atoms with Crippen molar-refractivity contribution in [2.75, 3.05) is 34.4 Å². The first-order valence-corrected chi connectivity index (χ1v) is 12.5. The van der Waals surface area contributed by atoms with Crippen LogP contribution in [0.1, 0.15) is 11.3 Å². The fourth-order valence-electron chi connectivity index (χ4n) is 4.16. The van der Waals surface area contributed by atoms with Crippen molar-refractivity contribution in [2.24, 2.45) is 0 Å². The molecule has 0 saturated heterocycles. The molecule has 194 valence electrons. The molecule has 2 heterocycles. The Morgan fingerprint density at radius 3 is 2.39 bits per heavy atom. The highest BCUT2D eigenvalue weighted by atomic mass is 16.5. The maximum atomic E-state index is 13.1. The smallest absolute Gasteiger partial charge is 0.200 e. The van der Waals surface area contributed by atoms with Crippen LogP contribution in [0, 0.1) is 0 Å². The molecule has 7 heteroatoms. The molecule has 0 radical (unpaired) electrons. The molecule has 38 heavy (non-hydrogen) atoms. The molecule has 2 aromatic heterocycles. The van der Waals surface area contributed by atoms with Gasteiger partial charge in [-0.25, -0.2) is 0 Å². The quantitative estimate of drug-likeness (QED) is 0.218. The van der Waals surface area contributed by atoms with Crippen LogP contribution in [-0.2, 0) is 12.8 Å². The number of hydrogen-bond donors (Lipinski definition) is 0. The molecule has 7 nitrogen and oxygen atoms in total. The number of nitrogens with zero attached hydrogens (tertiary/aromatic N) is 2. The highest BCUT2D eigenvalue weighted by Crippen LogP contribution is 2.30. The number of methoxy groups -OCH3 is 1. The van der Waals surface area contributed by atoms with Crippen molar-refractivity contribution in [3.05, 3.63) is 100 Å². The van der Waals surface area contributed by atoms with E-state index in [1.807, 2.05) is 49.3 Å². The van der Waals surface area contributed by atoms with Crippen molar-refractivity contribution in [1.82, 2.24) is 9.88 Å². The number of aryl methyl sites for hydroxylation is 2. The standard InChI is InChI=1S/C31H30N2O5/c1-33(2)17-18-36-28-6-4-5-27-30(34)26-16-15-24(19-29(26)38-31(27)28)37-25-14-11-22(32-20-25)10-7-21-8-12-23(35-3)13-9-21/h4-6,8-9,11-16,19-20H,7,10,17-18H2,1-3H3. The van der Waals surface area contributed by atoms with E-state index in [4.69, 9.17) is 18.6 Å². The summed E-state index contributed by atoms with van der Waals surface area (Å²) in [4.78, 5) is 19.7. The molecule has 0 bridgehead atoms. The van der Waals surface area contributed by atoms with Gasteiger partial charge in [0.15, 0.2) is 11.3 Å². The lowest BCUT2D eigenvalue weighted by Crippen LogP contribution is -2.19. The SMILES string of the molecule is COc1ccc(CCc2ccc(Oc3ccc4c(=O)c5cccc(OCCN(C)C)c5oc4c3)cn2)cc1. The van der Waals surface area contributed by atoms with Gasteiger partial charge in [0.05, 0.1) is 24.1 Å². The van der Waals surface area contributed by atoms with Gasteiger partial charge in [-0.15, -0.1) is 0 Å². The number of aromatic nitrogens is 1. The fraction of sp³-hybridized carbons (Fsp3) is 0.226. The van der Waals surface area contributed by atoms with Crippen LogP contribution in [-0.4, -0.2) is 44.2 Å². The summed E-state index contributed by atoms with van der Waals surface area (Å²) in [5.74, 6) is 2.56. The number of hydrogen-bond acceptors (Lipinski definition) is 7. The zero-order chi connectivity index (χ0) is 26.5. The summed E-state index contributed by atoms with van der Waals surface area (Å²) in [5, 5.41) is 0.977. The van der Waals surface area contributed by atoms with Gasteiger partial charge in [0.25, 0.3) is 0 Å². The Labute approximate surface area is 221 Å². The molecule has 0 unspecified atom stereocenters. The van der Waals surface area contributed by atoms with E-state index in [0.29, 0.717) is 45.8 Å². The first-order chi connectivity index (χ1) is 18.5. The van der Waals surface area contributed by atoms with Gasteiger partial charge in [0.1, 0.15) is 29.4 Å². The van der Waals surface area contributed by atoms with Crippen molar-refractivity contribution in [2.45, 2.75) is 12.8 Å². The maximum absolute atomic E-state index is 13.1. The highest BCUT2D eigenvalue weighted by Gasteiger charge is 2.13. The number of fused-ring (bicyclic) bond motifs is 2. The summed E-state index contributed by atoms with van der Waals surface area (Å²) in [7, 11) is 5.62. The predicted octanol–water partition coefficient (Wildman–Crippen LogP) is 5.87. The molecule has 5 rings (SSSR count). The lowest BCUT2D eigenvalue weighted by molar-refractivity contribution is 0.261. The molecule has 0 aliphatic carbocycles. The average Bonchev–Trinajstić information content (AvgIpc) is 2.93. The van der Waals surface area contributed by atoms with Gasteiger partial charge in [-0.05, 0) is 81.0 Å². The van der Waals surface area contributed by atoms with E-state index in [9.17, 15) is 4.79 Å². The van der Waals surface area contributed by atoms with E-state index in [1.165, 1.54) is 5.56 Å². The van der Waals surface area contributed by atoms with Crippen molar-refractivity contribution in [3.63, 3.8) is 0 Å². The van der Waals surface area contributed by atoms with Crippen molar-refractivity contribution < 1.29 is 18.6 Å². The van der Waals surface area contributed by atoms with E-state index in [0.717, 1.165) is 30.8 Å². The van der Waals surface area contributed by atoms with Crippen LogP contribution in [0.2, 0.25) is 0 Å². The maximum Gasteiger partial charge on any atom is 0.200 e. The Morgan fingerprint density at radius 2 is 1.66 bits per heavy atom. The molecule has 0 N–H and O–H groups in total. The second-order valence-electron chi connectivity index (χ2n) is 9.31. The van der Waals surface area contributed by atoms with E-state index >= 15 is 0 Å². The fourth-order valence-corrected chi connectivity index (χ4v) is 4.16.